The van der Waals surface area contributed by atoms with Gasteiger partial charge in [-0.05, 0) is 30.5 Å². The van der Waals surface area contributed by atoms with Gasteiger partial charge in [-0.1, -0.05) is 19.1 Å². The topological polar surface area (TPSA) is 0 Å². The van der Waals surface area contributed by atoms with Crippen molar-refractivity contribution in [3.05, 3.63) is 35.1 Å². The van der Waals surface area contributed by atoms with E-state index in [4.69, 9.17) is 0 Å². The zero-order valence-corrected chi connectivity index (χ0v) is 8.73. The van der Waals surface area contributed by atoms with Crippen LogP contribution < -0.4 is 0 Å². The van der Waals surface area contributed by atoms with E-state index in [1.165, 1.54) is 6.07 Å². The van der Waals surface area contributed by atoms with Crippen LogP contribution in [0.4, 0.5) is 4.39 Å². The monoisotopic (exact) mass is 190 g/mol. The summed E-state index contributed by atoms with van der Waals surface area (Å²) in [4.78, 5) is 0. The van der Waals surface area contributed by atoms with Crippen molar-refractivity contribution in [2.45, 2.75) is 33.1 Å². The first-order valence-corrected chi connectivity index (χ1v) is 4.94. The Labute approximate surface area is 85.2 Å². The van der Waals surface area contributed by atoms with Crippen LogP contribution in [-0.2, 0) is 6.42 Å². The largest absolute Gasteiger partial charge is 0.207 e. The van der Waals surface area contributed by atoms with Crippen molar-refractivity contribution in [3.8, 4) is 11.8 Å². The van der Waals surface area contributed by atoms with Crippen molar-refractivity contribution >= 4 is 0 Å². The van der Waals surface area contributed by atoms with Gasteiger partial charge in [0, 0.05) is 12.8 Å². The summed E-state index contributed by atoms with van der Waals surface area (Å²) in [5.41, 5.74) is 1.88. The van der Waals surface area contributed by atoms with E-state index in [0.29, 0.717) is 5.56 Å². The predicted octanol–water partition coefficient (Wildman–Crippen LogP) is 3.48. The van der Waals surface area contributed by atoms with Crippen LogP contribution in [0.3, 0.4) is 0 Å². The molecule has 1 rings (SSSR count). The van der Waals surface area contributed by atoms with Gasteiger partial charge in [-0.15, -0.1) is 11.8 Å². The third kappa shape index (κ3) is 3.22. The number of hydrogen-bond acceptors (Lipinski definition) is 0. The fraction of sp³-hybridized carbons (Fsp3) is 0.385. The van der Waals surface area contributed by atoms with Crippen LogP contribution in [0.25, 0.3) is 0 Å². The summed E-state index contributed by atoms with van der Waals surface area (Å²) < 4.78 is 12.9. The zero-order chi connectivity index (χ0) is 10.4. The average molecular weight is 190 g/mol. The minimum absolute atomic E-state index is 0.131. The molecule has 0 atom stereocenters. The molecule has 74 valence electrons. The first-order chi connectivity index (χ1) is 6.74. The van der Waals surface area contributed by atoms with Gasteiger partial charge < -0.3 is 0 Å². The Balaban J connectivity index is 2.55. The molecule has 0 unspecified atom stereocenters. The first kappa shape index (κ1) is 10.8. The second kappa shape index (κ2) is 5.44. The third-order valence-corrected chi connectivity index (χ3v) is 2.06. The Morgan fingerprint density at radius 3 is 2.71 bits per heavy atom. The highest BCUT2D eigenvalue weighted by molar-refractivity contribution is 5.24. The lowest BCUT2D eigenvalue weighted by Crippen LogP contribution is -1.88. The van der Waals surface area contributed by atoms with Crippen LogP contribution in [0.2, 0.25) is 0 Å². The Kier molecular flexibility index (Phi) is 4.19. The zero-order valence-electron chi connectivity index (χ0n) is 8.73. The maximum atomic E-state index is 12.9. The molecule has 0 bridgehead atoms. The summed E-state index contributed by atoms with van der Waals surface area (Å²) >= 11 is 0. The molecule has 1 aromatic carbocycles. The Bertz CT molecular complexity index is 355. The number of hydrogen-bond donors (Lipinski definition) is 0. The Hall–Kier alpha value is -1.29. The van der Waals surface area contributed by atoms with Crippen LogP contribution in [0.5, 0.6) is 0 Å². The van der Waals surface area contributed by atoms with E-state index in [9.17, 15) is 4.39 Å². The molecule has 0 spiro atoms. The van der Waals surface area contributed by atoms with E-state index in [2.05, 4.69) is 11.8 Å². The van der Waals surface area contributed by atoms with E-state index in [0.717, 1.165) is 24.8 Å². The molecule has 1 heteroatoms. The first-order valence-electron chi connectivity index (χ1n) is 4.94. The van der Waals surface area contributed by atoms with Gasteiger partial charge >= 0.3 is 0 Å². The maximum Gasteiger partial charge on any atom is 0.126 e. The SMILES string of the molecule is CCC#CCCc1ccc(F)c(C)c1. The fourth-order valence-corrected chi connectivity index (χ4v) is 1.28. The molecule has 14 heavy (non-hydrogen) atoms. The summed E-state index contributed by atoms with van der Waals surface area (Å²) in [5.74, 6) is 5.96. The van der Waals surface area contributed by atoms with E-state index < -0.39 is 0 Å². The number of rotatable bonds is 2. The molecule has 0 saturated carbocycles. The minimum Gasteiger partial charge on any atom is -0.207 e. The predicted molar refractivity (Wildman–Crippen MR) is 57.5 cm³/mol. The lowest BCUT2D eigenvalue weighted by Gasteiger charge is -2.00. The number of aryl methyl sites for hydroxylation is 2. The molecule has 0 aliphatic carbocycles. The van der Waals surface area contributed by atoms with Crippen LogP contribution in [0.15, 0.2) is 18.2 Å². The Morgan fingerprint density at radius 2 is 2.07 bits per heavy atom. The molecule has 0 fully saturated rings. The summed E-state index contributed by atoms with van der Waals surface area (Å²) in [7, 11) is 0. The van der Waals surface area contributed by atoms with Crippen molar-refractivity contribution in [2.75, 3.05) is 0 Å². The van der Waals surface area contributed by atoms with Gasteiger partial charge in [0.25, 0.3) is 0 Å². The Morgan fingerprint density at radius 1 is 1.29 bits per heavy atom. The highest BCUT2D eigenvalue weighted by atomic mass is 19.1. The van der Waals surface area contributed by atoms with Crippen LogP contribution in [0.1, 0.15) is 30.9 Å². The minimum atomic E-state index is -0.131. The molecule has 0 nitrogen and oxygen atoms in total. The third-order valence-electron chi connectivity index (χ3n) is 2.06. The van der Waals surface area contributed by atoms with Gasteiger partial charge in [-0.3, -0.25) is 0 Å². The second-order valence-electron chi connectivity index (χ2n) is 3.29. The smallest absolute Gasteiger partial charge is 0.126 e. The molecule has 0 amide bonds. The molecule has 1 aromatic rings. The van der Waals surface area contributed by atoms with Gasteiger partial charge in [0.2, 0.25) is 0 Å². The van der Waals surface area contributed by atoms with Gasteiger partial charge in [-0.25, -0.2) is 4.39 Å². The molecule has 0 N–H and O–H groups in total. The van der Waals surface area contributed by atoms with Gasteiger partial charge in [0.15, 0.2) is 0 Å². The summed E-state index contributed by atoms with van der Waals surface area (Å²) in [6.45, 7) is 3.82. The van der Waals surface area contributed by atoms with Crippen LogP contribution in [-0.4, -0.2) is 0 Å². The standard InChI is InChI=1S/C13H15F/c1-3-4-5-6-7-12-8-9-13(14)11(2)10-12/h8-10H,3,6-7H2,1-2H3. The summed E-state index contributed by atoms with van der Waals surface area (Å²) in [5, 5.41) is 0. The highest BCUT2D eigenvalue weighted by Crippen LogP contribution is 2.10. The van der Waals surface area contributed by atoms with Crippen molar-refractivity contribution in [2.24, 2.45) is 0 Å². The number of benzene rings is 1. The van der Waals surface area contributed by atoms with E-state index in [1.807, 2.05) is 19.1 Å². The van der Waals surface area contributed by atoms with E-state index in [1.54, 1.807) is 6.92 Å². The molecule has 0 aromatic heterocycles. The average Bonchev–Trinajstić information content (AvgIpc) is 2.18. The van der Waals surface area contributed by atoms with Gasteiger partial charge in [-0.2, -0.15) is 0 Å². The highest BCUT2D eigenvalue weighted by Gasteiger charge is 1.97. The van der Waals surface area contributed by atoms with Gasteiger partial charge in [0.05, 0.1) is 0 Å². The van der Waals surface area contributed by atoms with Gasteiger partial charge in [0.1, 0.15) is 5.82 Å². The fourth-order valence-electron chi connectivity index (χ4n) is 1.28. The van der Waals surface area contributed by atoms with Crippen molar-refractivity contribution < 1.29 is 4.39 Å². The van der Waals surface area contributed by atoms with E-state index in [-0.39, 0.29) is 5.82 Å². The van der Waals surface area contributed by atoms with E-state index >= 15 is 0 Å². The molecule has 0 radical (unpaired) electrons. The maximum absolute atomic E-state index is 12.9. The second-order valence-corrected chi connectivity index (χ2v) is 3.29. The van der Waals surface area contributed by atoms with Crippen LogP contribution >= 0.6 is 0 Å². The summed E-state index contributed by atoms with van der Waals surface area (Å²) in [6.07, 6.45) is 2.68. The number of halogens is 1. The van der Waals surface area contributed by atoms with Crippen molar-refractivity contribution in [1.29, 1.82) is 0 Å². The lowest BCUT2D eigenvalue weighted by molar-refractivity contribution is 0.617. The quantitative estimate of drug-likeness (QED) is 0.626. The molecule has 0 saturated heterocycles. The molecule has 0 aliphatic heterocycles. The molecular formula is C13H15F. The normalized spacial score (nSPS) is 9.36. The lowest BCUT2D eigenvalue weighted by atomic mass is 10.1. The molecule has 0 heterocycles. The van der Waals surface area contributed by atoms with Crippen LogP contribution in [0, 0.1) is 24.6 Å². The molecule has 0 aliphatic rings. The van der Waals surface area contributed by atoms with Crippen molar-refractivity contribution in [1.82, 2.24) is 0 Å². The molecular weight excluding hydrogens is 175 g/mol. The van der Waals surface area contributed by atoms with Crippen molar-refractivity contribution in [3.63, 3.8) is 0 Å². The summed E-state index contributed by atoms with van der Waals surface area (Å²) in [6, 6.07) is 5.25.